The van der Waals surface area contributed by atoms with Crippen LogP contribution in [0, 0.1) is 0 Å². The lowest BCUT2D eigenvalue weighted by molar-refractivity contribution is 0.417. The van der Waals surface area contributed by atoms with Crippen LogP contribution >= 0.6 is 20.2 Å². The highest BCUT2D eigenvalue weighted by molar-refractivity contribution is 7.46. The van der Waals surface area contributed by atoms with Gasteiger partial charge in [-0.2, -0.15) is 4.98 Å². The molecular weight excluding hydrogens is 369 g/mol. The lowest BCUT2D eigenvalue weighted by Crippen LogP contribution is -2.07. The summed E-state index contributed by atoms with van der Waals surface area (Å²) >= 11 is 6.27. The van der Waals surface area contributed by atoms with Crippen molar-refractivity contribution in [2.24, 2.45) is 0 Å². The third kappa shape index (κ3) is 4.15. The number of nitrogens with two attached hydrogens (primary N) is 1. The fourth-order valence-electron chi connectivity index (χ4n) is 2.40. The smallest absolute Gasteiger partial charge is 0.229 e. The van der Waals surface area contributed by atoms with Crippen molar-refractivity contribution in [3.63, 3.8) is 0 Å². The molecule has 8 heteroatoms. The summed E-state index contributed by atoms with van der Waals surface area (Å²) in [6, 6.07) is 13.4. The highest BCUT2D eigenvalue weighted by atomic mass is 35.5. The maximum atomic E-state index is 6.27. The van der Waals surface area contributed by atoms with Gasteiger partial charge in [-0.05, 0) is 36.2 Å². The summed E-state index contributed by atoms with van der Waals surface area (Å²) in [5.74, 6) is 1.56. The molecule has 0 amide bonds. The first-order valence-corrected chi connectivity index (χ1v) is 9.75. The van der Waals surface area contributed by atoms with Gasteiger partial charge < -0.3 is 21.1 Å². The van der Waals surface area contributed by atoms with Crippen LogP contribution in [0.25, 0.3) is 0 Å². The molecule has 0 aliphatic heterocycles. The molecule has 2 aromatic carbocycles. The summed E-state index contributed by atoms with van der Waals surface area (Å²) in [7, 11) is 2.25. The highest BCUT2D eigenvalue weighted by Crippen LogP contribution is 2.30. The molecule has 0 aliphatic carbocycles. The Bertz CT molecular complexity index is 922. The largest absolute Gasteiger partial charge is 0.495 e. The first-order chi connectivity index (χ1) is 12.6. The van der Waals surface area contributed by atoms with Gasteiger partial charge in [0.1, 0.15) is 10.8 Å². The summed E-state index contributed by atoms with van der Waals surface area (Å²) in [6.45, 7) is 2.13. The molecule has 6 nitrogen and oxygen atoms in total. The fraction of sp³-hybridized carbons (Fsp3) is 0.111. The van der Waals surface area contributed by atoms with Gasteiger partial charge >= 0.3 is 0 Å². The number of nitrogen functional groups attached to an aromatic ring is 1. The van der Waals surface area contributed by atoms with Crippen molar-refractivity contribution in [2.75, 3.05) is 30.1 Å². The number of aromatic nitrogens is 2. The minimum atomic E-state index is 0.386. The van der Waals surface area contributed by atoms with Crippen LogP contribution in [-0.4, -0.2) is 23.7 Å². The Morgan fingerprint density at radius 1 is 1.12 bits per heavy atom. The summed E-state index contributed by atoms with van der Waals surface area (Å²) in [4.78, 5) is 8.72. The Balaban J connectivity index is 1.90. The number of hydrogen-bond donors (Lipinski definition) is 3. The predicted octanol–water partition coefficient (Wildman–Crippen LogP) is 4.14. The van der Waals surface area contributed by atoms with Crippen molar-refractivity contribution in [1.82, 2.24) is 9.97 Å². The standard InChI is InChI=1S/C18H19ClN5OP/c1-25-15-8-7-11(20)9-14(15)23-18-21-10-12(19)17(24-18)22-13-5-3-4-6-16(13)26-2/h3-10,26H,20H2,1-2H3,(H2,21,22,23,24). The molecule has 0 fully saturated rings. The highest BCUT2D eigenvalue weighted by Gasteiger charge is 2.10. The number of nitrogens with one attached hydrogen (secondary N) is 2. The van der Waals surface area contributed by atoms with Gasteiger partial charge in [0.15, 0.2) is 5.82 Å². The number of hydrogen-bond acceptors (Lipinski definition) is 6. The SMILES string of the molecule is COc1ccc(N)cc1Nc1ncc(Cl)c(Nc2ccccc2PC)n1. The lowest BCUT2D eigenvalue weighted by Gasteiger charge is -2.14. The molecule has 0 radical (unpaired) electrons. The second kappa shape index (κ2) is 8.21. The van der Waals surface area contributed by atoms with Crippen molar-refractivity contribution in [3.05, 3.63) is 53.7 Å². The third-order valence-corrected chi connectivity index (χ3v) is 4.91. The van der Waals surface area contributed by atoms with Crippen LogP contribution in [0.2, 0.25) is 5.02 Å². The summed E-state index contributed by atoms with van der Waals surface area (Å²) in [5.41, 5.74) is 8.12. The summed E-state index contributed by atoms with van der Waals surface area (Å²) in [6.07, 6.45) is 1.55. The summed E-state index contributed by atoms with van der Waals surface area (Å²) < 4.78 is 5.34. The minimum Gasteiger partial charge on any atom is -0.495 e. The maximum absolute atomic E-state index is 6.27. The molecule has 0 saturated heterocycles. The van der Waals surface area contributed by atoms with Crippen LogP contribution in [0.5, 0.6) is 5.75 Å². The number of ether oxygens (including phenoxy) is 1. The van der Waals surface area contributed by atoms with E-state index in [9.17, 15) is 0 Å². The Morgan fingerprint density at radius 3 is 2.69 bits per heavy atom. The average molecular weight is 388 g/mol. The van der Waals surface area contributed by atoms with Crippen LogP contribution in [-0.2, 0) is 0 Å². The van der Waals surface area contributed by atoms with Gasteiger partial charge in [0, 0.05) is 11.4 Å². The van der Waals surface area contributed by atoms with Crippen LogP contribution in [0.1, 0.15) is 0 Å². The Morgan fingerprint density at radius 2 is 1.92 bits per heavy atom. The second-order valence-electron chi connectivity index (χ2n) is 5.40. The number of nitrogens with zero attached hydrogens (tertiary/aromatic N) is 2. The van der Waals surface area contributed by atoms with Crippen molar-refractivity contribution in [2.45, 2.75) is 0 Å². The molecule has 1 heterocycles. The van der Waals surface area contributed by atoms with Gasteiger partial charge in [-0.3, -0.25) is 0 Å². The first kappa shape index (κ1) is 18.2. The third-order valence-electron chi connectivity index (χ3n) is 3.66. The topological polar surface area (TPSA) is 85.1 Å². The Kier molecular flexibility index (Phi) is 5.76. The molecule has 4 N–H and O–H groups in total. The van der Waals surface area contributed by atoms with Crippen molar-refractivity contribution in [1.29, 1.82) is 0 Å². The fourth-order valence-corrected chi connectivity index (χ4v) is 3.21. The number of rotatable bonds is 6. The van der Waals surface area contributed by atoms with Gasteiger partial charge in [-0.15, -0.1) is 0 Å². The van der Waals surface area contributed by atoms with Gasteiger partial charge in [0.05, 0.1) is 19.0 Å². The van der Waals surface area contributed by atoms with E-state index < -0.39 is 0 Å². The van der Waals surface area contributed by atoms with E-state index in [-0.39, 0.29) is 0 Å². The van der Waals surface area contributed by atoms with Crippen LogP contribution < -0.4 is 26.4 Å². The molecule has 26 heavy (non-hydrogen) atoms. The molecule has 0 bridgehead atoms. The van der Waals surface area contributed by atoms with Crippen LogP contribution in [0.15, 0.2) is 48.7 Å². The number of halogens is 1. The van der Waals surface area contributed by atoms with E-state index in [1.54, 1.807) is 31.5 Å². The Labute approximate surface area is 158 Å². The average Bonchev–Trinajstić information content (AvgIpc) is 2.65. The summed E-state index contributed by atoms with van der Waals surface area (Å²) in [5, 5.41) is 8.05. The molecule has 0 saturated carbocycles. The molecule has 1 aromatic heterocycles. The molecule has 0 spiro atoms. The molecule has 1 atom stereocenters. The number of methoxy groups -OCH3 is 1. The minimum absolute atomic E-state index is 0.386. The molecule has 0 aliphatic rings. The first-order valence-electron chi connectivity index (χ1n) is 7.87. The van der Waals surface area contributed by atoms with Crippen LogP contribution in [0.4, 0.5) is 28.8 Å². The van der Waals surface area contributed by atoms with E-state index in [1.807, 2.05) is 18.2 Å². The van der Waals surface area contributed by atoms with E-state index >= 15 is 0 Å². The van der Waals surface area contributed by atoms with Crippen molar-refractivity contribution in [3.8, 4) is 5.75 Å². The van der Waals surface area contributed by atoms with E-state index in [0.29, 0.717) is 42.5 Å². The zero-order valence-corrected chi connectivity index (χ0v) is 16.1. The maximum Gasteiger partial charge on any atom is 0.229 e. The van der Waals surface area contributed by atoms with E-state index in [1.165, 1.54) is 5.30 Å². The molecule has 3 rings (SSSR count). The number of benzene rings is 2. The van der Waals surface area contributed by atoms with Gasteiger partial charge in [0.25, 0.3) is 0 Å². The number of anilines is 5. The Hall–Kier alpha value is -2.56. The quantitative estimate of drug-likeness (QED) is 0.435. The predicted molar refractivity (Wildman–Crippen MR) is 111 cm³/mol. The van der Waals surface area contributed by atoms with Crippen molar-refractivity contribution >= 4 is 54.3 Å². The van der Waals surface area contributed by atoms with Gasteiger partial charge in [-0.1, -0.05) is 38.4 Å². The zero-order valence-electron chi connectivity index (χ0n) is 14.4. The van der Waals surface area contributed by atoms with E-state index in [2.05, 4.69) is 33.3 Å². The molecule has 134 valence electrons. The second-order valence-corrected chi connectivity index (χ2v) is 6.84. The van der Waals surface area contributed by atoms with Gasteiger partial charge in [-0.25, -0.2) is 4.98 Å². The number of para-hydroxylation sites is 1. The van der Waals surface area contributed by atoms with Gasteiger partial charge in [0.2, 0.25) is 5.95 Å². The van der Waals surface area contributed by atoms with Crippen molar-refractivity contribution < 1.29 is 4.74 Å². The molecular formula is C18H19ClN5OP. The molecule has 1 unspecified atom stereocenters. The zero-order chi connectivity index (χ0) is 18.5. The van der Waals surface area contributed by atoms with E-state index in [4.69, 9.17) is 22.1 Å². The van der Waals surface area contributed by atoms with Crippen LogP contribution in [0.3, 0.4) is 0 Å². The van der Waals surface area contributed by atoms with E-state index in [0.717, 1.165) is 5.69 Å². The lowest BCUT2D eigenvalue weighted by atomic mass is 10.2. The molecule has 3 aromatic rings. The monoisotopic (exact) mass is 387 g/mol. The normalized spacial score (nSPS) is 10.9.